The van der Waals surface area contributed by atoms with Crippen molar-refractivity contribution in [2.75, 3.05) is 20.2 Å². The quantitative estimate of drug-likeness (QED) is 0.834. The molecule has 0 aromatic heterocycles. The van der Waals surface area contributed by atoms with Gasteiger partial charge >= 0.3 is 12.1 Å². The van der Waals surface area contributed by atoms with E-state index < -0.39 is 29.6 Å². The highest BCUT2D eigenvalue weighted by atomic mass is 16.6. The third-order valence-electron chi connectivity index (χ3n) is 4.13. The van der Waals surface area contributed by atoms with Gasteiger partial charge < -0.3 is 19.7 Å². The minimum atomic E-state index is -0.645. The molecule has 1 saturated heterocycles. The molecule has 1 fully saturated rings. The van der Waals surface area contributed by atoms with Crippen LogP contribution in [0.15, 0.2) is 30.3 Å². The van der Waals surface area contributed by atoms with Crippen LogP contribution in [0.2, 0.25) is 0 Å². The smallest absolute Gasteiger partial charge is 0.407 e. The molecule has 2 rings (SSSR count). The van der Waals surface area contributed by atoms with Crippen LogP contribution in [0.3, 0.4) is 0 Å². The van der Waals surface area contributed by atoms with Gasteiger partial charge in [0.2, 0.25) is 0 Å². The van der Waals surface area contributed by atoms with Gasteiger partial charge in [0.1, 0.15) is 5.60 Å². The molecule has 2 unspecified atom stereocenters. The molecule has 2 amide bonds. The Morgan fingerprint density at radius 2 is 1.81 bits per heavy atom. The predicted molar refractivity (Wildman–Crippen MR) is 95.6 cm³/mol. The summed E-state index contributed by atoms with van der Waals surface area (Å²) in [5, 5.41) is 2.74. The molecular weight excluding hydrogens is 336 g/mol. The number of carbonyl (C=O) groups is 3. The number of esters is 1. The molecule has 1 aliphatic heterocycles. The lowest BCUT2D eigenvalue weighted by atomic mass is 9.91. The lowest BCUT2D eigenvalue weighted by molar-refractivity contribution is -0.147. The highest BCUT2D eigenvalue weighted by Crippen LogP contribution is 2.21. The van der Waals surface area contributed by atoms with Crippen molar-refractivity contribution in [3.63, 3.8) is 0 Å². The summed E-state index contributed by atoms with van der Waals surface area (Å²) in [6, 6.07) is 8.45. The van der Waals surface area contributed by atoms with E-state index in [2.05, 4.69) is 5.32 Å². The normalized spacial score (nSPS) is 20.2. The molecule has 0 bridgehead atoms. The van der Waals surface area contributed by atoms with Crippen LogP contribution < -0.4 is 5.32 Å². The molecule has 0 aliphatic carbocycles. The maximum absolute atomic E-state index is 12.6. The summed E-state index contributed by atoms with van der Waals surface area (Å²) in [4.78, 5) is 38.5. The van der Waals surface area contributed by atoms with Crippen LogP contribution in [0, 0.1) is 5.92 Å². The summed E-state index contributed by atoms with van der Waals surface area (Å²) < 4.78 is 10.1. The minimum Gasteiger partial charge on any atom is -0.469 e. The van der Waals surface area contributed by atoms with Gasteiger partial charge in [-0.15, -0.1) is 0 Å². The second-order valence-electron chi connectivity index (χ2n) is 7.29. The van der Waals surface area contributed by atoms with Gasteiger partial charge in [-0.25, -0.2) is 4.79 Å². The Balaban J connectivity index is 2.08. The first-order valence-corrected chi connectivity index (χ1v) is 8.63. The average Bonchev–Trinajstić information content (AvgIpc) is 2.60. The maximum Gasteiger partial charge on any atom is 0.407 e. The van der Waals surface area contributed by atoms with Crippen LogP contribution in [-0.2, 0) is 14.3 Å². The highest BCUT2D eigenvalue weighted by molar-refractivity contribution is 5.94. The van der Waals surface area contributed by atoms with Crippen molar-refractivity contribution in [3.8, 4) is 0 Å². The van der Waals surface area contributed by atoms with E-state index in [0.29, 0.717) is 18.5 Å². The van der Waals surface area contributed by atoms with Gasteiger partial charge in [-0.1, -0.05) is 18.2 Å². The van der Waals surface area contributed by atoms with E-state index in [1.165, 1.54) is 7.11 Å². The zero-order valence-corrected chi connectivity index (χ0v) is 15.7. The fraction of sp³-hybridized carbons (Fsp3) is 0.526. The molecule has 1 heterocycles. The van der Waals surface area contributed by atoms with Crippen LogP contribution in [0.1, 0.15) is 37.6 Å². The third-order valence-corrected chi connectivity index (χ3v) is 4.13. The second-order valence-corrected chi connectivity index (χ2v) is 7.29. The molecule has 0 saturated carbocycles. The predicted octanol–water partition coefficient (Wildman–Crippen LogP) is 2.21. The molecule has 2 atom stereocenters. The first-order chi connectivity index (χ1) is 12.2. The fourth-order valence-electron chi connectivity index (χ4n) is 2.92. The first-order valence-electron chi connectivity index (χ1n) is 8.63. The summed E-state index contributed by atoms with van der Waals surface area (Å²) in [5.74, 6) is -1.25. The number of nitrogens with one attached hydrogen (secondary N) is 1. The van der Waals surface area contributed by atoms with Crippen LogP contribution in [0.5, 0.6) is 0 Å². The summed E-state index contributed by atoms with van der Waals surface area (Å²) in [5.41, 5.74) is -0.0656. The largest absolute Gasteiger partial charge is 0.469 e. The zero-order chi connectivity index (χ0) is 19.3. The third kappa shape index (κ3) is 5.21. The number of piperidine rings is 1. The molecule has 7 nitrogen and oxygen atoms in total. The van der Waals surface area contributed by atoms with Crippen LogP contribution in [-0.4, -0.2) is 54.7 Å². The Hall–Kier alpha value is -2.57. The van der Waals surface area contributed by atoms with Gasteiger partial charge in [-0.2, -0.15) is 0 Å². The van der Waals surface area contributed by atoms with E-state index in [1.807, 2.05) is 6.07 Å². The average molecular weight is 362 g/mol. The monoisotopic (exact) mass is 362 g/mol. The number of rotatable bonds is 3. The Labute approximate surface area is 153 Å². The highest BCUT2D eigenvalue weighted by Gasteiger charge is 2.38. The topological polar surface area (TPSA) is 84.9 Å². The Bertz CT molecular complexity index is 654. The van der Waals surface area contributed by atoms with Gasteiger partial charge in [0, 0.05) is 24.7 Å². The van der Waals surface area contributed by atoms with Crippen molar-refractivity contribution >= 4 is 18.0 Å². The molecule has 7 heteroatoms. The van der Waals surface area contributed by atoms with Gasteiger partial charge in [0.05, 0.1) is 13.0 Å². The van der Waals surface area contributed by atoms with Crippen LogP contribution in [0.4, 0.5) is 4.79 Å². The molecular formula is C19H26N2O5. The Kier molecular flexibility index (Phi) is 6.23. The number of amides is 2. The Morgan fingerprint density at radius 3 is 2.38 bits per heavy atom. The zero-order valence-electron chi connectivity index (χ0n) is 15.7. The molecule has 142 valence electrons. The minimum absolute atomic E-state index is 0.143. The summed E-state index contributed by atoms with van der Waals surface area (Å²) in [7, 11) is 1.30. The number of carbonyl (C=O) groups excluding carboxylic acids is 3. The van der Waals surface area contributed by atoms with Crippen molar-refractivity contribution in [1.29, 1.82) is 0 Å². The molecule has 26 heavy (non-hydrogen) atoms. The summed E-state index contributed by atoms with van der Waals surface area (Å²) >= 11 is 0. The lowest BCUT2D eigenvalue weighted by Gasteiger charge is -2.37. The van der Waals surface area contributed by atoms with E-state index in [0.717, 1.165) is 0 Å². The standard InChI is InChI=1S/C19H26N2O5/c1-19(2,3)26-18(24)20-15-10-11-21(12-14(15)17(23)25-4)16(22)13-8-6-5-7-9-13/h5-9,14-15H,10-12H2,1-4H3,(H,20,24). The number of likely N-dealkylation sites (tertiary alicyclic amines) is 1. The van der Waals surface area contributed by atoms with Crippen molar-refractivity contribution in [1.82, 2.24) is 10.2 Å². The number of hydrogen-bond donors (Lipinski definition) is 1. The number of ether oxygens (including phenoxy) is 2. The van der Waals surface area contributed by atoms with Crippen molar-refractivity contribution in [2.24, 2.45) is 5.92 Å². The van der Waals surface area contributed by atoms with Gasteiger partial charge in [-0.05, 0) is 39.3 Å². The molecule has 0 spiro atoms. The molecule has 1 aromatic carbocycles. The number of methoxy groups -OCH3 is 1. The van der Waals surface area contributed by atoms with Crippen molar-refractivity contribution in [2.45, 2.75) is 38.8 Å². The first kappa shape index (κ1) is 19.8. The van der Waals surface area contributed by atoms with E-state index in [-0.39, 0.29) is 12.5 Å². The maximum atomic E-state index is 12.6. The SMILES string of the molecule is COC(=O)C1CN(C(=O)c2ccccc2)CCC1NC(=O)OC(C)(C)C. The fourth-order valence-corrected chi connectivity index (χ4v) is 2.92. The van der Waals surface area contributed by atoms with Gasteiger partial charge in [0.25, 0.3) is 5.91 Å². The molecule has 1 N–H and O–H groups in total. The lowest BCUT2D eigenvalue weighted by Crippen LogP contribution is -2.55. The van der Waals surface area contributed by atoms with Gasteiger partial charge in [-0.3, -0.25) is 9.59 Å². The van der Waals surface area contributed by atoms with E-state index in [4.69, 9.17) is 9.47 Å². The summed E-state index contributed by atoms with van der Waals surface area (Å²) in [6.45, 7) is 5.92. The number of benzene rings is 1. The number of nitrogens with zero attached hydrogens (tertiary/aromatic N) is 1. The van der Waals surface area contributed by atoms with Gasteiger partial charge in [0.15, 0.2) is 0 Å². The van der Waals surface area contributed by atoms with Crippen LogP contribution >= 0.6 is 0 Å². The van der Waals surface area contributed by atoms with Crippen LogP contribution in [0.25, 0.3) is 0 Å². The van der Waals surface area contributed by atoms with E-state index in [1.54, 1.807) is 49.9 Å². The number of hydrogen-bond acceptors (Lipinski definition) is 5. The number of alkyl carbamates (subject to hydrolysis) is 1. The molecule has 1 aromatic rings. The molecule has 0 radical (unpaired) electrons. The van der Waals surface area contributed by atoms with E-state index >= 15 is 0 Å². The second kappa shape index (κ2) is 8.21. The summed E-state index contributed by atoms with van der Waals surface area (Å²) in [6.07, 6.45) is -0.142. The van der Waals surface area contributed by atoms with Crippen molar-refractivity contribution in [3.05, 3.63) is 35.9 Å². The van der Waals surface area contributed by atoms with E-state index in [9.17, 15) is 14.4 Å². The van der Waals surface area contributed by atoms with Crippen molar-refractivity contribution < 1.29 is 23.9 Å². The Morgan fingerprint density at radius 1 is 1.15 bits per heavy atom. The molecule has 1 aliphatic rings.